The van der Waals surface area contributed by atoms with Gasteiger partial charge in [-0.3, -0.25) is 9.13 Å². The third-order valence-electron chi connectivity index (χ3n) is 28.0. The molecule has 0 radical (unpaired) electrons. The van der Waals surface area contributed by atoms with Crippen molar-refractivity contribution in [3.8, 4) is 113 Å². The lowest BCUT2D eigenvalue weighted by atomic mass is 10.0. The summed E-state index contributed by atoms with van der Waals surface area (Å²) < 4.78 is 9.22. The van der Waals surface area contributed by atoms with Crippen molar-refractivity contribution in [2.75, 3.05) is 14.7 Å². The number of hydrogen-bond donors (Lipinski definition) is 0. The van der Waals surface area contributed by atoms with E-state index >= 15 is 0 Å². The summed E-state index contributed by atoms with van der Waals surface area (Å²) in [5, 5.41) is 9.10. The van der Waals surface area contributed by atoms with Gasteiger partial charge in [-0.25, -0.2) is 15.0 Å². The Morgan fingerprint density at radius 2 is 0.338 bits per heavy atom. The molecule has 0 aliphatic rings. The molecule has 0 aliphatic heterocycles. The van der Waals surface area contributed by atoms with Gasteiger partial charge in [-0.15, -0.1) is 0 Å². The van der Waals surface area contributed by atoms with Crippen molar-refractivity contribution in [1.82, 2.24) is 48.2 Å². The number of rotatable bonds is 21. The molecule has 0 fully saturated rings. The Kier molecular flexibility index (Phi) is 20.9. The maximum Gasteiger partial charge on any atom is 0.240 e. The monoisotopic (exact) mass is 1850 g/mol. The van der Waals surface area contributed by atoms with Crippen LogP contribution in [0.5, 0.6) is 0 Å². The van der Waals surface area contributed by atoms with Crippen molar-refractivity contribution in [2.45, 2.75) is 0 Å². The largest absolute Gasteiger partial charge is 0.311 e. The van der Waals surface area contributed by atoms with Crippen molar-refractivity contribution in [1.29, 1.82) is 0 Å². The lowest BCUT2D eigenvalue weighted by molar-refractivity contribution is 0.892. The number of benzene rings is 21. The summed E-state index contributed by atoms with van der Waals surface area (Å²) in [6.45, 7) is 0. The van der Waals surface area contributed by atoms with Gasteiger partial charge in [0.2, 0.25) is 11.9 Å². The molecule has 0 amide bonds. The molecule has 0 unspecified atom stereocenters. The fraction of sp³-hybridized carbons (Fsp3) is 0. The van der Waals surface area contributed by atoms with E-state index in [0.717, 1.165) is 206 Å². The molecule has 0 bridgehead atoms. The molecular weight excluding hydrogens is 1770 g/mol. The van der Waals surface area contributed by atoms with Gasteiger partial charge in [-0.2, -0.15) is 15.0 Å². The van der Waals surface area contributed by atoms with Crippen LogP contribution in [0.15, 0.2) is 528 Å². The van der Waals surface area contributed by atoms with E-state index in [1.807, 2.05) is 18.2 Å². The van der Waals surface area contributed by atoms with Crippen molar-refractivity contribution < 1.29 is 0 Å². The molecule has 0 aliphatic carbocycles. The van der Waals surface area contributed by atoms with Gasteiger partial charge >= 0.3 is 0 Å². The zero-order chi connectivity index (χ0) is 95.8. The van der Waals surface area contributed by atoms with Crippen LogP contribution in [0.3, 0.4) is 0 Å². The topological polar surface area (TPSA) is 107 Å². The number of fused-ring (bicyclic) bond motifs is 12. The van der Waals surface area contributed by atoms with E-state index in [-0.39, 0.29) is 0 Å². The molecule has 0 saturated carbocycles. The van der Waals surface area contributed by atoms with Crippen LogP contribution in [-0.2, 0) is 0 Å². The second kappa shape index (κ2) is 35.9. The average molecular weight is 1860 g/mol. The van der Waals surface area contributed by atoms with Crippen molar-refractivity contribution in [3.63, 3.8) is 0 Å². The van der Waals surface area contributed by atoms with Gasteiger partial charge in [-0.05, 0) is 251 Å². The molecular formula is C132H87N13. The molecule has 0 saturated heterocycles. The van der Waals surface area contributed by atoms with Crippen LogP contribution in [-0.4, -0.2) is 48.2 Å². The first-order chi connectivity index (χ1) is 71.9. The third-order valence-corrected chi connectivity index (χ3v) is 28.0. The Labute approximate surface area is 836 Å². The van der Waals surface area contributed by atoms with Gasteiger partial charge in [0.25, 0.3) is 0 Å². The number of hydrogen-bond acceptors (Lipinski definition) is 9. The molecule has 680 valence electrons. The maximum absolute atomic E-state index is 5.58. The summed E-state index contributed by atoms with van der Waals surface area (Å²) in [7, 11) is 0. The van der Waals surface area contributed by atoms with Crippen LogP contribution in [0.1, 0.15) is 0 Å². The minimum Gasteiger partial charge on any atom is -0.311 e. The number of aromatic nitrogens is 10. The maximum atomic E-state index is 5.58. The van der Waals surface area contributed by atoms with Crippen LogP contribution >= 0.6 is 0 Å². The van der Waals surface area contributed by atoms with E-state index < -0.39 is 0 Å². The number of anilines is 9. The molecule has 13 nitrogen and oxygen atoms in total. The van der Waals surface area contributed by atoms with Crippen LogP contribution in [0, 0.1) is 0 Å². The van der Waals surface area contributed by atoms with E-state index in [0.29, 0.717) is 35.2 Å². The molecule has 0 spiro atoms. The fourth-order valence-corrected chi connectivity index (χ4v) is 21.2. The summed E-state index contributed by atoms with van der Waals surface area (Å²) >= 11 is 0. The summed E-state index contributed by atoms with van der Waals surface area (Å²) in [5.74, 6) is 3.29. The zero-order valence-corrected chi connectivity index (χ0v) is 78.5. The normalized spacial score (nSPS) is 11.6. The van der Waals surface area contributed by atoms with Gasteiger partial charge < -0.3 is 23.8 Å². The second-order valence-electron chi connectivity index (χ2n) is 36.6. The Balaban J connectivity index is 0.500. The lowest BCUT2D eigenvalue weighted by Crippen LogP contribution is -2.10. The van der Waals surface area contributed by atoms with Crippen molar-refractivity contribution in [2.24, 2.45) is 0 Å². The van der Waals surface area contributed by atoms with Crippen molar-refractivity contribution in [3.05, 3.63) is 528 Å². The van der Waals surface area contributed by atoms with Gasteiger partial charge in [0.15, 0.2) is 23.3 Å². The highest BCUT2D eigenvalue weighted by Crippen LogP contribution is 2.47. The Morgan fingerprint density at radius 3 is 0.655 bits per heavy atom. The average Bonchev–Trinajstić information content (AvgIpc) is 1.57. The van der Waals surface area contributed by atoms with Crippen LogP contribution in [0.2, 0.25) is 0 Å². The molecule has 27 aromatic rings. The highest BCUT2D eigenvalue weighted by Gasteiger charge is 2.27. The standard InChI is InChI=1S/C132H87N13/c1-7-32-92(33-8-1)127-136-131(144-122-58-27-22-53-114(122)117-86-109(77-80-125(117)144)142-119-55-24-19-50-111(119)112-51-20-25-56-120(112)142)138-132(137-127)145-123-59-28-23-54-115(123)118-87-110(78-81-126(118)145)143-121-57-26-21-52-113(121)116-85-96(68-79-124(116)143)91-66-75-108(76-67-91)141(104-48-17-6-18-49-104)107-73-64-90(65-74-107)95-36-31-39-99(84-95)130-134-128(97-37-29-34-93(82-97)88-60-69-105(70-61-88)139(100-40-9-2-10-41-100)101-42-11-3-12-43-101)133-129(135-130)98-38-30-35-94(83-98)89-62-71-106(72-63-89)140(102-44-13-4-14-45-102)103-46-15-5-16-47-103/h1-87H. The summed E-state index contributed by atoms with van der Waals surface area (Å²) in [6, 6.07) is 188. The van der Waals surface area contributed by atoms with Crippen LogP contribution in [0.25, 0.3) is 201 Å². The Hall–Kier alpha value is -19.8. The predicted molar refractivity (Wildman–Crippen MR) is 598 cm³/mol. The second-order valence-corrected chi connectivity index (χ2v) is 36.6. The van der Waals surface area contributed by atoms with Crippen molar-refractivity contribution >= 4 is 138 Å². The number of para-hydroxylation sites is 10. The first-order valence-electron chi connectivity index (χ1n) is 48.9. The van der Waals surface area contributed by atoms with E-state index in [9.17, 15) is 0 Å². The summed E-state index contributed by atoms with van der Waals surface area (Å²) in [6.07, 6.45) is 0. The highest BCUT2D eigenvalue weighted by molar-refractivity contribution is 6.15. The van der Waals surface area contributed by atoms with E-state index in [1.165, 1.54) is 10.8 Å². The van der Waals surface area contributed by atoms with E-state index in [4.69, 9.17) is 29.9 Å². The van der Waals surface area contributed by atoms with Crippen LogP contribution in [0.4, 0.5) is 51.2 Å². The molecule has 145 heavy (non-hydrogen) atoms. The fourth-order valence-electron chi connectivity index (χ4n) is 21.2. The minimum atomic E-state index is 0.514. The molecule has 0 N–H and O–H groups in total. The molecule has 6 aromatic heterocycles. The minimum absolute atomic E-state index is 0.514. The molecule has 6 heterocycles. The summed E-state index contributed by atoms with van der Waals surface area (Å²) in [5.41, 5.74) is 32.1. The molecule has 0 atom stereocenters. The van der Waals surface area contributed by atoms with Gasteiger partial charge in [0, 0.05) is 128 Å². The Bertz CT molecular complexity index is 9290. The summed E-state index contributed by atoms with van der Waals surface area (Å²) in [4.78, 5) is 39.5. The molecule has 13 heteroatoms. The van der Waals surface area contributed by atoms with E-state index in [1.54, 1.807) is 0 Å². The molecule has 27 rings (SSSR count). The Morgan fingerprint density at radius 1 is 0.124 bits per heavy atom. The first-order valence-corrected chi connectivity index (χ1v) is 48.9. The van der Waals surface area contributed by atoms with Crippen LogP contribution < -0.4 is 14.7 Å². The quantitative estimate of drug-likeness (QED) is 0.0695. The van der Waals surface area contributed by atoms with Gasteiger partial charge in [0.1, 0.15) is 0 Å². The van der Waals surface area contributed by atoms with Gasteiger partial charge in [-0.1, -0.05) is 322 Å². The smallest absolute Gasteiger partial charge is 0.240 e. The van der Waals surface area contributed by atoms with Gasteiger partial charge in [0.05, 0.1) is 44.1 Å². The molecule has 21 aromatic carbocycles. The third kappa shape index (κ3) is 15.3. The van der Waals surface area contributed by atoms with E-state index in [2.05, 4.69) is 543 Å². The highest BCUT2D eigenvalue weighted by atomic mass is 15.3. The SMILES string of the molecule is c1ccc(-c2nc(-n3c4ccccc4c4cc(-n5c6ccccc6c6ccccc65)ccc43)nc(-n3c4ccccc4c4cc(-n5c6ccccc6c6cc(-c7ccc(N(c8ccccc8)c8ccc(-c9cccc(-c%10nc(-c%11cccc(-c%12ccc(N(c%13ccccc%13)c%13ccccc%13)cc%12)c%11)nc(-c%11cccc(-c%12ccc(N(c%13ccccc%13)c%13ccccc%13)cc%12)c%11)n%10)c9)cc8)cc7)ccc65)ccc43)n2)cc1. The first kappa shape index (κ1) is 84.5. The zero-order valence-electron chi connectivity index (χ0n) is 78.5. The lowest BCUT2D eigenvalue weighted by Gasteiger charge is -2.26. The number of nitrogens with zero attached hydrogens (tertiary/aromatic N) is 13. The predicted octanol–water partition coefficient (Wildman–Crippen LogP) is 34.2.